The normalized spacial score (nSPS) is 19.9. The molecule has 2 atom stereocenters. The van der Waals surface area contributed by atoms with Crippen molar-refractivity contribution < 1.29 is 4.74 Å². The molecule has 20 heavy (non-hydrogen) atoms. The summed E-state index contributed by atoms with van der Waals surface area (Å²) in [4.78, 5) is 0. The van der Waals surface area contributed by atoms with Gasteiger partial charge in [0, 0.05) is 6.92 Å². The summed E-state index contributed by atoms with van der Waals surface area (Å²) in [6.45, 7) is 6.00. The van der Waals surface area contributed by atoms with E-state index in [1.165, 1.54) is 37.5 Å². The predicted octanol–water partition coefficient (Wildman–Crippen LogP) is 4.40. The number of hydrogen-bond donors (Lipinski definition) is 1. The van der Waals surface area contributed by atoms with Crippen LogP contribution < -0.4 is 0 Å². The first kappa shape index (κ1) is 16.2. The van der Waals surface area contributed by atoms with Gasteiger partial charge in [0.25, 0.3) is 0 Å². The van der Waals surface area contributed by atoms with E-state index >= 15 is 0 Å². The lowest BCUT2D eigenvalue weighted by Gasteiger charge is -2.37. The second-order valence-corrected chi connectivity index (χ2v) is 5.30. The lowest BCUT2D eigenvalue weighted by Crippen LogP contribution is -2.23. The number of methoxy groups -OCH3 is 1. The Kier molecular flexibility index (Phi) is 6.24. The van der Waals surface area contributed by atoms with Crippen LogP contribution in [-0.2, 0) is 4.74 Å². The number of nitrogens with one attached hydrogen (secondary N) is 1. The molecule has 3 heteroatoms. The third-order valence-corrected chi connectivity index (χ3v) is 4.06. The molecule has 1 saturated carbocycles. The van der Waals surface area contributed by atoms with E-state index in [1.807, 2.05) is 6.07 Å². The molecule has 1 aromatic carbocycles. The van der Waals surface area contributed by atoms with E-state index in [0.29, 0.717) is 5.92 Å². The van der Waals surface area contributed by atoms with Crippen molar-refractivity contribution >= 4 is 5.90 Å². The topological polar surface area (TPSA) is 56.9 Å². The lowest BCUT2D eigenvalue weighted by atomic mass is 9.68. The summed E-state index contributed by atoms with van der Waals surface area (Å²) in [6, 6.07) is 8.31. The van der Waals surface area contributed by atoms with Crippen molar-refractivity contribution in [1.29, 1.82) is 10.7 Å². The van der Waals surface area contributed by atoms with E-state index in [-0.39, 0.29) is 5.90 Å². The van der Waals surface area contributed by atoms with Crippen LogP contribution >= 0.6 is 0 Å². The number of aryl methyl sites for hydroxylation is 1. The number of nitrogens with zero attached hydrogens (tertiary/aromatic N) is 1. The van der Waals surface area contributed by atoms with Gasteiger partial charge in [0.1, 0.15) is 0 Å². The first-order valence-electron chi connectivity index (χ1n) is 7.13. The lowest BCUT2D eigenvalue weighted by molar-refractivity contribution is 0.246. The Bertz CT molecular complexity index is 500. The molecule has 1 aliphatic carbocycles. The molecule has 0 saturated heterocycles. The van der Waals surface area contributed by atoms with Crippen molar-refractivity contribution in [2.24, 2.45) is 5.92 Å². The van der Waals surface area contributed by atoms with Gasteiger partial charge >= 0.3 is 0 Å². The fourth-order valence-corrected chi connectivity index (χ4v) is 2.58. The summed E-state index contributed by atoms with van der Waals surface area (Å²) >= 11 is 0. The smallest absolute Gasteiger partial charge is 0.176 e. The highest BCUT2D eigenvalue weighted by atomic mass is 16.5. The van der Waals surface area contributed by atoms with Gasteiger partial charge in [-0.2, -0.15) is 5.26 Å². The van der Waals surface area contributed by atoms with E-state index in [4.69, 9.17) is 10.7 Å². The Morgan fingerprint density at radius 2 is 2.10 bits per heavy atom. The van der Waals surface area contributed by atoms with Crippen molar-refractivity contribution in [3.63, 3.8) is 0 Å². The third kappa shape index (κ3) is 4.09. The van der Waals surface area contributed by atoms with Crippen molar-refractivity contribution in [3.8, 4) is 6.07 Å². The van der Waals surface area contributed by atoms with Crippen LogP contribution in [0.3, 0.4) is 0 Å². The number of nitriles is 1. The van der Waals surface area contributed by atoms with Crippen molar-refractivity contribution in [2.75, 3.05) is 7.11 Å². The maximum Gasteiger partial charge on any atom is 0.176 e. The summed E-state index contributed by atoms with van der Waals surface area (Å²) in [5.41, 5.74) is 3.56. The van der Waals surface area contributed by atoms with Gasteiger partial charge < -0.3 is 4.74 Å². The summed E-state index contributed by atoms with van der Waals surface area (Å²) in [5, 5.41) is 15.4. The van der Waals surface area contributed by atoms with Crippen LogP contribution in [0.2, 0.25) is 0 Å². The number of hydrogen-bond acceptors (Lipinski definition) is 3. The zero-order valence-corrected chi connectivity index (χ0v) is 12.9. The molecule has 108 valence electrons. The SMILES string of the molecule is CCC1CCC1c1cc(C#N)ccc1C.COC(C)=N. The molecule has 0 radical (unpaired) electrons. The molecule has 0 bridgehead atoms. The Morgan fingerprint density at radius 3 is 2.50 bits per heavy atom. The minimum Gasteiger partial charge on any atom is -0.485 e. The zero-order valence-electron chi connectivity index (χ0n) is 12.9. The Hall–Kier alpha value is -1.82. The number of benzene rings is 1. The van der Waals surface area contributed by atoms with Gasteiger partial charge in [-0.3, -0.25) is 5.41 Å². The average molecular weight is 272 g/mol. The molecule has 1 N–H and O–H groups in total. The van der Waals surface area contributed by atoms with Gasteiger partial charge in [0.2, 0.25) is 0 Å². The van der Waals surface area contributed by atoms with Crippen LogP contribution in [-0.4, -0.2) is 13.0 Å². The first-order valence-corrected chi connectivity index (χ1v) is 7.13. The molecule has 0 aliphatic heterocycles. The maximum absolute atomic E-state index is 8.90. The molecule has 0 amide bonds. The fourth-order valence-electron chi connectivity index (χ4n) is 2.58. The second-order valence-electron chi connectivity index (χ2n) is 5.30. The van der Waals surface area contributed by atoms with Gasteiger partial charge in [-0.1, -0.05) is 19.4 Å². The van der Waals surface area contributed by atoms with E-state index in [9.17, 15) is 0 Å². The van der Waals surface area contributed by atoms with Gasteiger partial charge in [-0.05, 0) is 54.9 Å². The highest BCUT2D eigenvalue weighted by Gasteiger charge is 2.31. The van der Waals surface area contributed by atoms with Crippen LogP contribution in [0.25, 0.3) is 0 Å². The van der Waals surface area contributed by atoms with Crippen LogP contribution in [0.5, 0.6) is 0 Å². The predicted molar refractivity (Wildman–Crippen MR) is 82.1 cm³/mol. The van der Waals surface area contributed by atoms with Crippen molar-refractivity contribution in [3.05, 3.63) is 34.9 Å². The zero-order chi connectivity index (χ0) is 15.1. The van der Waals surface area contributed by atoms with Crippen LogP contribution in [0, 0.1) is 29.6 Å². The van der Waals surface area contributed by atoms with E-state index in [0.717, 1.165) is 11.5 Å². The molecule has 0 spiro atoms. The Balaban J connectivity index is 0.000000347. The molecule has 0 heterocycles. The maximum atomic E-state index is 8.90. The molecule has 1 aromatic rings. The molecular formula is C17H24N2O. The minimum absolute atomic E-state index is 0.255. The molecule has 1 aliphatic rings. The Morgan fingerprint density at radius 1 is 1.45 bits per heavy atom. The van der Waals surface area contributed by atoms with Gasteiger partial charge in [0.05, 0.1) is 18.7 Å². The fraction of sp³-hybridized carbons (Fsp3) is 0.529. The monoisotopic (exact) mass is 272 g/mol. The second kappa shape index (κ2) is 7.69. The van der Waals surface area contributed by atoms with Crippen LogP contribution in [0.1, 0.15) is 55.7 Å². The molecule has 0 aromatic heterocycles. The highest BCUT2D eigenvalue weighted by molar-refractivity contribution is 5.68. The van der Waals surface area contributed by atoms with E-state index < -0.39 is 0 Å². The molecule has 3 nitrogen and oxygen atoms in total. The first-order chi connectivity index (χ1) is 9.53. The highest BCUT2D eigenvalue weighted by Crippen LogP contribution is 2.45. The number of rotatable bonds is 2. The molecule has 1 fully saturated rings. The van der Waals surface area contributed by atoms with E-state index in [2.05, 4.69) is 36.8 Å². The van der Waals surface area contributed by atoms with Gasteiger partial charge in [-0.25, -0.2) is 0 Å². The summed E-state index contributed by atoms with van der Waals surface area (Å²) in [6.07, 6.45) is 3.92. The molecular weight excluding hydrogens is 248 g/mol. The van der Waals surface area contributed by atoms with E-state index in [1.54, 1.807) is 6.92 Å². The average Bonchev–Trinajstić information content (AvgIpc) is 2.41. The largest absolute Gasteiger partial charge is 0.485 e. The summed E-state index contributed by atoms with van der Waals surface area (Å²) in [7, 11) is 1.47. The molecule has 2 rings (SSSR count). The van der Waals surface area contributed by atoms with Crippen molar-refractivity contribution in [2.45, 2.75) is 46.0 Å². The minimum atomic E-state index is 0.255. The third-order valence-electron chi connectivity index (χ3n) is 4.06. The van der Waals surface area contributed by atoms with Gasteiger partial charge in [-0.15, -0.1) is 0 Å². The van der Waals surface area contributed by atoms with Crippen molar-refractivity contribution in [1.82, 2.24) is 0 Å². The molecule has 2 unspecified atom stereocenters. The number of ether oxygens (including phenoxy) is 1. The van der Waals surface area contributed by atoms with Gasteiger partial charge in [0.15, 0.2) is 5.90 Å². The standard InChI is InChI=1S/C14H17N.C3H7NO/c1-3-12-6-7-13(12)14-8-11(9-15)5-4-10(14)2;1-3(4)5-2/h4-5,8,12-13H,3,6-7H2,1-2H3;4H,1-2H3. The van der Waals surface area contributed by atoms with Crippen LogP contribution in [0.4, 0.5) is 0 Å². The Labute approximate surface area is 122 Å². The summed E-state index contributed by atoms with van der Waals surface area (Å²) in [5.74, 6) is 1.81. The van der Waals surface area contributed by atoms with Crippen LogP contribution in [0.15, 0.2) is 18.2 Å². The summed E-state index contributed by atoms with van der Waals surface area (Å²) < 4.78 is 4.33. The quantitative estimate of drug-likeness (QED) is 0.640.